The minimum absolute atomic E-state index is 0.0708. The lowest BCUT2D eigenvalue weighted by Gasteiger charge is -2.29. The molecule has 0 aromatic heterocycles. The van der Waals surface area contributed by atoms with Crippen LogP contribution in [0.25, 0.3) is 0 Å². The van der Waals surface area contributed by atoms with E-state index in [0.29, 0.717) is 12.2 Å². The SMILES string of the molecule is CCCCCCCCOc1ccc(C2CCC(CCCC)CC2)c(F)c1F. The topological polar surface area (TPSA) is 9.23 Å². The van der Waals surface area contributed by atoms with Crippen molar-refractivity contribution >= 4 is 0 Å². The van der Waals surface area contributed by atoms with Gasteiger partial charge in [0.1, 0.15) is 0 Å². The molecule has 1 saturated carbocycles. The lowest BCUT2D eigenvalue weighted by atomic mass is 9.77. The van der Waals surface area contributed by atoms with Crippen LogP contribution in [-0.2, 0) is 0 Å². The van der Waals surface area contributed by atoms with Gasteiger partial charge in [0.05, 0.1) is 6.61 Å². The smallest absolute Gasteiger partial charge is 0.200 e. The van der Waals surface area contributed by atoms with Crippen LogP contribution in [0.1, 0.15) is 109 Å². The lowest BCUT2D eigenvalue weighted by molar-refractivity contribution is 0.279. The third kappa shape index (κ3) is 7.08. The maximum atomic E-state index is 14.6. The molecular formula is C24H38F2O. The minimum Gasteiger partial charge on any atom is -0.490 e. The molecule has 1 aromatic rings. The van der Waals surface area contributed by atoms with Crippen LogP contribution in [0, 0.1) is 17.6 Å². The van der Waals surface area contributed by atoms with E-state index in [2.05, 4.69) is 13.8 Å². The molecule has 0 unspecified atom stereocenters. The Kier molecular flexibility index (Phi) is 10.2. The summed E-state index contributed by atoms with van der Waals surface area (Å²) in [5.74, 6) is -0.487. The number of halogens is 2. The predicted molar refractivity (Wildman–Crippen MR) is 109 cm³/mol. The van der Waals surface area contributed by atoms with E-state index in [1.54, 1.807) is 12.1 Å². The van der Waals surface area contributed by atoms with Gasteiger partial charge in [-0.1, -0.05) is 71.3 Å². The fraction of sp³-hybridized carbons (Fsp3) is 0.750. The van der Waals surface area contributed by atoms with Gasteiger partial charge in [0.25, 0.3) is 0 Å². The van der Waals surface area contributed by atoms with Gasteiger partial charge in [-0.15, -0.1) is 0 Å². The standard InChI is InChI=1S/C24H38F2O/c1-3-5-7-8-9-10-18-27-22-17-16-21(23(25)24(22)26)20-14-12-19(13-15-20)11-6-4-2/h16-17,19-20H,3-15,18H2,1-2H3. The van der Waals surface area contributed by atoms with E-state index >= 15 is 0 Å². The largest absolute Gasteiger partial charge is 0.490 e. The van der Waals surface area contributed by atoms with Crippen LogP contribution in [0.15, 0.2) is 12.1 Å². The Hall–Kier alpha value is -1.12. The average molecular weight is 381 g/mol. The van der Waals surface area contributed by atoms with E-state index in [-0.39, 0.29) is 11.7 Å². The normalized spacial score (nSPS) is 20.0. The van der Waals surface area contributed by atoms with E-state index in [1.165, 1.54) is 44.9 Å². The van der Waals surface area contributed by atoms with E-state index < -0.39 is 11.6 Å². The highest BCUT2D eigenvalue weighted by Gasteiger charge is 2.26. The first-order valence-electron chi connectivity index (χ1n) is 11.3. The summed E-state index contributed by atoms with van der Waals surface area (Å²) in [4.78, 5) is 0. The summed E-state index contributed by atoms with van der Waals surface area (Å²) >= 11 is 0. The van der Waals surface area contributed by atoms with Crippen LogP contribution in [0.5, 0.6) is 5.75 Å². The zero-order valence-corrected chi connectivity index (χ0v) is 17.4. The Morgan fingerprint density at radius 3 is 2.19 bits per heavy atom. The van der Waals surface area contributed by atoms with Gasteiger partial charge in [-0.05, 0) is 55.6 Å². The van der Waals surface area contributed by atoms with Crippen molar-refractivity contribution in [3.63, 3.8) is 0 Å². The summed E-state index contributed by atoms with van der Waals surface area (Å²) in [6, 6.07) is 3.39. The van der Waals surface area contributed by atoms with Crippen molar-refractivity contribution in [3.8, 4) is 5.75 Å². The molecule has 0 aliphatic heterocycles. The summed E-state index contributed by atoms with van der Waals surface area (Å²) in [6.45, 7) is 4.88. The number of benzene rings is 1. The van der Waals surface area contributed by atoms with Crippen LogP contribution in [0.3, 0.4) is 0 Å². The molecule has 0 saturated heterocycles. The molecule has 0 bridgehead atoms. The molecule has 0 radical (unpaired) electrons. The molecule has 0 atom stereocenters. The van der Waals surface area contributed by atoms with Gasteiger partial charge in [0.2, 0.25) is 5.82 Å². The van der Waals surface area contributed by atoms with Crippen molar-refractivity contribution in [3.05, 3.63) is 29.3 Å². The molecule has 1 aliphatic rings. The fourth-order valence-electron chi connectivity index (χ4n) is 4.29. The maximum absolute atomic E-state index is 14.6. The third-order valence-corrected chi connectivity index (χ3v) is 6.08. The number of rotatable bonds is 12. The van der Waals surface area contributed by atoms with Gasteiger partial charge in [0.15, 0.2) is 11.6 Å². The van der Waals surface area contributed by atoms with E-state index in [9.17, 15) is 8.78 Å². The monoisotopic (exact) mass is 380 g/mol. The first-order chi connectivity index (χ1) is 13.2. The first kappa shape index (κ1) is 22.2. The summed E-state index contributed by atoms with van der Waals surface area (Å²) in [6.07, 6.45) is 14.9. The van der Waals surface area contributed by atoms with Crippen molar-refractivity contribution in [2.75, 3.05) is 6.61 Å². The van der Waals surface area contributed by atoms with Gasteiger partial charge >= 0.3 is 0 Å². The quantitative estimate of drug-likeness (QED) is 0.332. The molecule has 0 spiro atoms. The highest BCUT2D eigenvalue weighted by atomic mass is 19.2. The highest BCUT2D eigenvalue weighted by molar-refractivity contribution is 5.33. The highest BCUT2D eigenvalue weighted by Crippen LogP contribution is 2.40. The second kappa shape index (κ2) is 12.4. The molecule has 2 rings (SSSR count). The fourth-order valence-corrected chi connectivity index (χ4v) is 4.29. The first-order valence-corrected chi connectivity index (χ1v) is 11.3. The second-order valence-electron chi connectivity index (χ2n) is 8.26. The number of hydrogen-bond acceptors (Lipinski definition) is 1. The molecule has 27 heavy (non-hydrogen) atoms. The Morgan fingerprint density at radius 1 is 0.815 bits per heavy atom. The molecule has 1 fully saturated rings. The molecule has 1 nitrogen and oxygen atoms in total. The van der Waals surface area contributed by atoms with E-state index in [4.69, 9.17) is 4.74 Å². The molecule has 0 amide bonds. The van der Waals surface area contributed by atoms with Gasteiger partial charge in [0, 0.05) is 0 Å². The summed E-state index contributed by atoms with van der Waals surface area (Å²) in [5, 5.41) is 0. The van der Waals surface area contributed by atoms with Crippen LogP contribution in [-0.4, -0.2) is 6.61 Å². The third-order valence-electron chi connectivity index (χ3n) is 6.08. The van der Waals surface area contributed by atoms with Crippen molar-refractivity contribution in [1.29, 1.82) is 0 Å². The maximum Gasteiger partial charge on any atom is 0.200 e. The Morgan fingerprint density at radius 2 is 1.48 bits per heavy atom. The zero-order valence-electron chi connectivity index (χ0n) is 17.4. The molecule has 1 aromatic carbocycles. The lowest BCUT2D eigenvalue weighted by Crippen LogP contribution is -2.15. The van der Waals surface area contributed by atoms with Crippen LogP contribution < -0.4 is 4.74 Å². The Labute approximate surface area is 164 Å². The summed E-state index contributed by atoms with van der Waals surface area (Å²) in [5.41, 5.74) is 0.549. The Balaban J connectivity index is 1.80. The van der Waals surface area contributed by atoms with E-state index in [1.807, 2.05) is 0 Å². The number of unbranched alkanes of at least 4 members (excludes halogenated alkanes) is 6. The molecule has 0 heterocycles. The molecule has 3 heteroatoms. The zero-order chi connectivity index (χ0) is 19.5. The molecule has 154 valence electrons. The van der Waals surface area contributed by atoms with Gasteiger partial charge < -0.3 is 4.74 Å². The van der Waals surface area contributed by atoms with Crippen LogP contribution in [0.4, 0.5) is 8.78 Å². The van der Waals surface area contributed by atoms with Gasteiger partial charge in [-0.3, -0.25) is 0 Å². The van der Waals surface area contributed by atoms with Gasteiger partial charge in [-0.25, -0.2) is 4.39 Å². The molecule has 1 aliphatic carbocycles. The van der Waals surface area contributed by atoms with Crippen molar-refractivity contribution in [2.45, 2.75) is 103 Å². The Bertz CT molecular complexity index is 535. The molecular weight excluding hydrogens is 342 g/mol. The van der Waals surface area contributed by atoms with Crippen molar-refractivity contribution in [1.82, 2.24) is 0 Å². The van der Waals surface area contributed by atoms with Crippen molar-refractivity contribution < 1.29 is 13.5 Å². The van der Waals surface area contributed by atoms with Crippen LogP contribution in [0.2, 0.25) is 0 Å². The number of hydrogen-bond donors (Lipinski definition) is 0. The van der Waals surface area contributed by atoms with E-state index in [0.717, 1.165) is 44.4 Å². The summed E-state index contributed by atoms with van der Waals surface area (Å²) < 4.78 is 34.6. The predicted octanol–water partition coefficient (Wildman–Crippen LogP) is 8.17. The molecule has 0 N–H and O–H groups in total. The number of ether oxygens (including phenoxy) is 1. The van der Waals surface area contributed by atoms with Crippen LogP contribution >= 0.6 is 0 Å². The summed E-state index contributed by atoms with van der Waals surface area (Å²) in [7, 11) is 0. The van der Waals surface area contributed by atoms with Crippen molar-refractivity contribution in [2.24, 2.45) is 5.92 Å². The van der Waals surface area contributed by atoms with Gasteiger partial charge in [-0.2, -0.15) is 4.39 Å². The minimum atomic E-state index is -0.799. The second-order valence-corrected chi connectivity index (χ2v) is 8.26. The average Bonchev–Trinajstić information content (AvgIpc) is 2.69.